The first-order valence-corrected chi connectivity index (χ1v) is 24.5. The average Bonchev–Trinajstić information content (AvgIpc) is 4.13. The summed E-state index contributed by atoms with van der Waals surface area (Å²) in [7, 11) is 0. The molecule has 3 amide bonds. The van der Waals surface area contributed by atoms with Gasteiger partial charge in [0.15, 0.2) is 32.4 Å². The summed E-state index contributed by atoms with van der Waals surface area (Å²) in [5, 5.41) is 28.2. The number of nitrogens with one attached hydrogen (secondary N) is 9. The lowest BCUT2D eigenvalue weighted by Crippen LogP contribution is -2.41. The van der Waals surface area contributed by atoms with E-state index >= 15 is 0 Å². The molecule has 0 fully saturated rings. The van der Waals surface area contributed by atoms with Gasteiger partial charge in [0.1, 0.15) is 36.9 Å². The highest BCUT2D eigenvalue weighted by molar-refractivity contribution is 7.80. The van der Waals surface area contributed by atoms with Crippen molar-refractivity contribution in [3.8, 4) is 0 Å². The van der Waals surface area contributed by atoms with E-state index in [4.69, 9.17) is 49.9 Å². The van der Waals surface area contributed by atoms with Crippen LogP contribution in [0.4, 0.5) is 17.1 Å². The van der Waals surface area contributed by atoms with Crippen LogP contribution in [0.3, 0.4) is 0 Å². The van der Waals surface area contributed by atoms with E-state index in [2.05, 4.69) is 125 Å². The monoisotopic (exact) mass is 1030 g/mol. The van der Waals surface area contributed by atoms with Crippen LogP contribution in [0.25, 0.3) is 0 Å². The lowest BCUT2D eigenvalue weighted by molar-refractivity contribution is 0.0920. The van der Waals surface area contributed by atoms with Crippen LogP contribution in [0.15, 0.2) is 105 Å². The van der Waals surface area contributed by atoms with Crippen molar-refractivity contribution in [2.75, 3.05) is 35.6 Å². The third kappa shape index (κ3) is 14.0. The molecule has 0 unspecified atom stereocenters. The lowest BCUT2D eigenvalue weighted by Gasteiger charge is -2.20. The molecule has 4 heterocycles. The molecule has 6 aromatic rings. The van der Waals surface area contributed by atoms with Gasteiger partial charge in [-0.1, -0.05) is 98.7 Å². The Labute approximate surface area is 434 Å². The molecule has 9 N–H and O–H groups in total. The first-order chi connectivity index (χ1) is 34.0. The van der Waals surface area contributed by atoms with Gasteiger partial charge in [-0.3, -0.25) is 14.4 Å². The van der Waals surface area contributed by atoms with Gasteiger partial charge >= 0.3 is 0 Å². The number of anilines is 3. The molecule has 6 bridgehead atoms. The third-order valence-electron chi connectivity index (χ3n) is 11.5. The zero-order valence-electron chi connectivity index (χ0n) is 41.5. The Morgan fingerprint density at radius 1 is 0.444 bits per heavy atom. The highest BCUT2D eigenvalue weighted by Crippen LogP contribution is 2.27. The molecule has 72 heavy (non-hydrogen) atoms. The summed E-state index contributed by atoms with van der Waals surface area (Å²) in [4.78, 5) is 55.4. The Kier molecular flexibility index (Phi) is 16.1. The normalized spacial score (nSPS) is 16.5. The fourth-order valence-corrected chi connectivity index (χ4v) is 7.83. The van der Waals surface area contributed by atoms with Crippen molar-refractivity contribution in [1.82, 2.24) is 46.9 Å². The van der Waals surface area contributed by atoms with E-state index in [1.54, 1.807) is 0 Å². The van der Waals surface area contributed by atoms with Crippen LogP contribution in [0, 0.1) is 0 Å². The number of benzene rings is 3. The maximum atomic E-state index is 14.0. The van der Waals surface area contributed by atoms with Crippen LogP contribution in [0.1, 0.15) is 146 Å². The van der Waals surface area contributed by atoms with Crippen LogP contribution in [-0.2, 0) is 16.2 Å². The van der Waals surface area contributed by atoms with Gasteiger partial charge in [-0.2, -0.15) is 0 Å². The number of thiocarbonyl (C=S) groups is 3. The van der Waals surface area contributed by atoms with Crippen LogP contribution in [0.5, 0.6) is 0 Å². The van der Waals surface area contributed by atoms with Crippen LogP contribution >= 0.6 is 36.7 Å². The molecule has 0 radical (unpaired) electrons. The minimum atomic E-state index is -1.01. The van der Waals surface area contributed by atoms with E-state index in [1.807, 2.05) is 72.8 Å². The zero-order chi connectivity index (χ0) is 52.0. The Morgan fingerprint density at radius 3 is 0.903 bits per heavy atom. The molecule has 1 aliphatic heterocycles. The number of hydrogen-bond donors (Lipinski definition) is 9. The standard InChI is InChI=1S/C51H60N12O6S3/c1-49(2,3)28-10-16-31(17-11-28)55-46(70)52-22-34-43-61-38(25-67-43)41(65)59-36(24-54-48(72)57-33-20-14-30(15-21-33)51(7,8)9)45-63-39(27-69-45)42(66)60-35(44-62-37(26-68-44)40(64)58-34)23-53-47(71)56-32-18-12-29(13-19-32)50(4,5)6/h10-21,25-27,34-36H,22-24H2,1-9H3,(H,58,64)(H,59,65)(H,60,66)(H2,52,55,70)(H2,53,56,71)(H2,54,57,72)/t34-,35-,36-/m0/s1. The SMILES string of the molecule is CC(C)(C)c1ccc(NC(=S)NC[C@@H]2NC(=O)c3coc(n3)[C@H](CNC(=S)Nc3ccc(C(C)(C)C)cc3)NC(=O)c3coc(n3)[C@H](CNC(=S)Nc3ccc(C(C)(C)C)cc3)NC(=O)c3coc2n3)cc1. The molecule has 378 valence electrons. The predicted molar refractivity (Wildman–Crippen MR) is 288 cm³/mol. The number of rotatable bonds is 9. The number of amides is 3. The largest absolute Gasteiger partial charge is 0.446 e. The van der Waals surface area contributed by atoms with Crippen molar-refractivity contribution < 1.29 is 27.6 Å². The summed E-state index contributed by atoms with van der Waals surface area (Å²) < 4.78 is 17.5. The molecule has 18 nitrogen and oxygen atoms in total. The maximum Gasteiger partial charge on any atom is 0.273 e. The van der Waals surface area contributed by atoms with Crippen molar-refractivity contribution in [2.24, 2.45) is 0 Å². The Bertz CT molecular complexity index is 2600. The molecule has 0 aliphatic carbocycles. The lowest BCUT2D eigenvalue weighted by atomic mass is 9.87. The van der Waals surface area contributed by atoms with Gasteiger partial charge in [-0.05, 0) is 106 Å². The molecule has 0 saturated carbocycles. The Balaban J connectivity index is 1.14. The van der Waals surface area contributed by atoms with E-state index < -0.39 is 35.8 Å². The van der Waals surface area contributed by atoms with Crippen molar-refractivity contribution in [3.05, 3.63) is 143 Å². The smallest absolute Gasteiger partial charge is 0.273 e. The van der Waals surface area contributed by atoms with E-state index in [1.165, 1.54) is 0 Å². The van der Waals surface area contributed by atoms with Gasteiger partial charge in [0.2, 0.25) is 17.7 Å². The average molecular weight is 1030 g/mol. The second-order valence-electron chi connectivity index (χ2n) is 20.3. The fraction of sp³-hybridized carbons (Fsp3) is 0.353. The molecule has 0 saturated heterocycles. The number of fused-ring (bicyclic) bond motifs is 6. The number of carbonyl (C=O) groups excluding carboxylic acids is 3. The minimum absolute atomic E-state index is 0.0255. The molecule has 7 rings (SSSR count). The molecule has 0 spiro atoms. The third-order valence-corrected chi connectivity index (χ3v) is 12.2. The predicted octanol–water partition coefficient (Wildman–Crippen LogP) is 8.23. The van der Waals surface area contributed by atoms with Crippen molar-refractivity contribution in [2.45, 2.75) is 96.7 Å². The summed E-state index contributed by atoms with van der Waals surface area (Å²) in [5.41, 5.74) is 5.20. The van der Waals surface area contributed by atoms with Crippen LogP contribution < -0.4 is 47.9 Å². The quantitative estimate of drug-likeness (QED) is 0.0620. The van der Waals surface area contributed by atoms with Gasteiger partial charge in [-0.25, -0.2) is 15.0 Å². The van der Waals surface area contributed by atoms with Crippen LogP contribution in [-0.4, -0.2) is 67.6 Å². The van der Waals surface area contributed by atoms with Crippen LogP contribution in [0.2, 0.25) is 0 Å². The molecule has 1 aliphatic rings. The summed E-state index contributed by atoms with van der Waals surface area (Å²) in [5.74, 6) is -2.13. The summed E-state index contributed by atoms with van der Waals surface area (Å²) in [6, 6.07) is 20.6. The topological polar surface area (TPSA) is 238 Å². The van der Waals surface area contributed by atoms with Gasteiger partial charge in [-0.15, -0.1) is 0 Å². The molecular formula is C51H60N12O6S3. The number of nitrogens with zero attached hydrogens (tertiary/aromatic N) is 3. The summed E-state index contributed by atoms with van der Waals surface area (Å²) in [6.45, 7) is 19.1. The second kappa shape index (κ2) is 22.0. The first kappa shape index (κ1) is 52.6. The minimum Gasteiger partial charge on any atom is -0.446 e. The highest BCUT2D eigenvalue weighted by atomic mass is 32.1. The molecule has 21 heteroatoms. The number of aromatic nitrogens is 3. The van der Waals surface area contributed by atoms with E-state index in [0.717, 1.165) is 52.5 Å². The van der Waals surface area contributed by atoms with Gasteiger partial charge in [0.25, 0.3) is 17.7 Å². The maximum absolute atomic E-state index is 14.0. The zero-order valence-corrected chi connectivity index (χ0v) is 44.0. The van der Waals surface area contributed by atoms with E-state index in [9.17, 15) is 14.4 Å². The van der Waals surface area contributed by atoms with Crippen molar-refractivity contribution in [3.63, 3.8) is 0 Å². The summed E-state index contributed by atoms with van der Waals surface area (Å²) >= 11 is 16.9. The Hall–Kier alpha value is -7.23. The molecular weight excluding hydrogens is 973 g/mol. The Morgan fingerprint density at radius 2 is 0.681 bits per heavy atom. The second-order valence-corrected chi connectivity index (χ2v) is 21.5. The van der Waals surface area contributed by atoms with Gasteiger partial charge in [0, 0.05) is 36.7 Å². The highest BCUT2D eigenvalue weighted by Gasteiger charge is 2.30. The number of hydrogen-bond acceptors (Lipinski definition) is 12. The van der Waals surface area contributed by atoms with E-state index in [0.29, 0.717) is 0 Å². The fourth-order valence-electron chi connectivity index (χ4n) is 7.22. The van der Waals surface area contributed by atoms with Gasteiger partial charge in [0.05, 0.1) is 0 Å². The van der Waals surface area contributed by atoms with E-state index in [-0.39, 0.29) is 86.0 Å². The van der Waals surface area contributed by atoms with Crippen molar-refractivity contribution in [1.29, 1.82) is 0 Å². The number of oxazole rings is 3. The summed E-state index contributed by atoms with van der Waals surface area (Å²) in [6.07, 6.45) is 3.47. The first-order valence-electron chi connectivity index (χ1n) is 23.2. The number of carbonyl (C=O) groups is 3. The van der Waals surface area contributed by atoms with Crippen molar-refractivity contribution >= 4 is 86.8 Å². The van der Waals surface area contributed by atoms with Gasteiger partial charge < -0.3 is 61.1 Å². The molecule has 3 aromatic heterocycles. The molecule has 3 aromatic carbocycles. The molecule has 3 atom stereocenters.